The van der Waals surface area contributed by atoms with Crippen molar-refractivity contribution in [2.75, 3.05) is 6.61 Å². The van der Waals surface area contributed by atoms with Crippen molar-refractivity contribution >= 4 is 5.91 Å². The molecule has 0 radical (unpaired) electrons. The quantitative estimate of drug-likeness (QED) is 0.873. The van der Waals surface area contributed by atoms with Gasteiger partial charge in [-0.25, -0.2) is 0 Å². The third-order valence-corrected chi connectivity index (χ3v) is 2.52. The molecule has 0 saturated heterocycles. The van der Waals surface area contributed by atoms with Crippen LogP contribution in [0.5, 0.6) is 0 Å². The van der Waals surface area contributed by atoms with Crippen molar-refractivity contribution in [3.8, 4) is 0 Å². The molecule has 0 unspecified atom stereocenters. The second kappa shape index (κ2) is 5.86. The van der Waals surface area contributed by atoms with E-state index in [1.807, 2.05) is 0 Å². The van der Waals surface area contributed by atoms with E-state index in [0.29, 0.717) is 6.42 Å². The monoisotopic (exact) mass is 261 g/mol. The lowest BCUT2D eigenvalue weighted by atomic mass is 10.1. The van der Waals surface area contributed by atoms with E-state index in [2.05, 4.69) is 5.32 Å². The van der Waals surface area contributed by atoms with Crippen LogP contribution in [0.25, 0.3) is 0 Å². The highest BCUT2D eigenvalue weighted by Gasteiger charge is 2.30. The molecule has 1 aromatic carbocycles. The molecule has 3 nitrogen and oxygen atoms in total. The fraction of sp³-hybridized carbons (Fsp3) is 0.417. The average Bonchev–Trinajstić information content (AvgIpc) is 2.34. The number of halogens is 3. The fourth-order valence-corrected chi connectivity index (χ4v) is 1.36. The SMILES string of the molecule is CC[C@H](CO)NC(=O)c1ccc(C(F)(F)F)cc1. The number of amides is 1. The molecular formula is C12H14F3NO2. The second-order valence-corrected chi connectivity index (χ2v) is 3.84. The predicted octanol–water partition coefficient (Wildman–Crippen LogP) is 2.21. The Labute approximate surface area is 103 Å². The van der Waals surface area contributed by atoms with Crippen LogP contribution >= 0.6 is 0 Å². The number of nitrogens with one attached hydrogen (secondary N) is 1. The van der Waals surface area contributed by atoms with Crippen LogP contribution in [-0.2, 0) is 6.18 Å². The molecule has 0 saturated carbocycles. The normalized spacial score (nSPS) is 13.2. The maximum absolute atomic E-state index is 12.3. The summed E-state index contributed by atoms with van der Waals surface area (Å²) in [6.07, 6.45) is -3.87. The zero-order valence-electron chi connectivity index (χ0n) is 9.79. The third-order valence-electron chi connectivity index (χ3n) is 2.52. The van der Waals surface area contributed by atoms with E-state index in [0.717, 1.165) is 24.3 Å². The van der Waals surface area contributed by atoms with Crippen LogP contribution in [0.15, 0.2) is 24.3 Å². The van der Waals surface area contributed by atoms with Crippen molar-refractivity contribution in [2.45, 2.75) is 25.6 Å². The molecule has 0 aromatic heterocycles. The number of aliphatic hydroxyl groups is 1. The Balaban J connectivity index is 2.76. The summed E-state index contributed by atoms with van der Waals surface area (Å²) in [7, 11) is 0. The molecule has 0 spiro atoms. The van der Waals surface area contributed by atoms with Gasteiger partial charge in [0.05, 0.1) is 18.2 Å². The van der Waals surface area contributed by atoms with E-state index in [9.17, 15) is 18.0 Å². The average molecular weight is 261 g/mol. The molecule has 0 aliphatic heterocycles. The first kappa shape index (κ1) is 14.5. The topological polar surface area (TPSA) is 49.3 Å². The molecule has 6 heteroatoms. The van der Waals surface area contributed by atoms with Gasteiger partial charge < -0.3 is 10.4 Å². The second-order valence-electron chi connectivity index (χ2n) is 3.84. The van der Waals surface area contributed by atoms with E-state index in [1.54, 1.807) is 6.92 Å². The van der Waals surface area contributed by atoms with Crippen LogP contribution in [-0.4, -0.2) is 23.7 Å². The lowest BCUT2D eigenvalue weighted by Crippen LogP contribution is -2.36. The van der Waals surface area contributed by atoms with E-state index in [4.69, 9.17) is 5.11 Å². The predicted molar refractivity (Wildman–Crippen MR) is 60.1 cm³/mol. The van der Waals surface area contributed by atoms with E-state index < -0.39 is 17.6 Å². The number of rotatable bonds is 4. The van der Waals surface area contributed by atoms with E-state index >= 15 is 0 Å². The minimum absolute atomic E-state index is 0.134. The Bertz CT molecular complexity index is 397. The minimum Gasteiger partial charge on any atom is -0.394 e. The highest BCUT2D eigenvalue weighted by Crippen LogP contribution is 2.29. The highest BCUT2D eigenvalue weighted by molar-refractivity contribution is 5.94. The summed E-state index contributed by atoms with van der Waals surface area (Å²) in [5.74, 6) is -0.496. The molecular weight excluding hydrogens is 247 g/mol. The molecule has 0 fully saturated rings. The Kier molecular flexibility index (Phi) is 4.72. The van der Waals surface area contributed by atoms with Crippen LogP contribution in [0.1, 0.15) is 29.3 Å². The lowest BCUT2D eigenvalue weighted by molar-refractivity contribution is -0.137. The first-order chi connectivity index (χ1) is 8.38. The minimum atomic E-state index is -4.41. The van der Waals surface area contributed by atoms with Crippen LogP contribution < -0.4 is 5.32 Å². The Morgan fingerprint density at radius 3 is 2.28 bits per heavy atom. The van der Waals surface area contributed by atoms with Crippen molar-refractivity contribution in [2.24, 2.45) is 0 Å². The standard InChI is InChI=1S/C12H14F3NO2/c1-2-10(7-17)16-11(18)8-3-5-9(6-4-8)12(13,14)15/h3-6,10,17H,2,7H2,1H3,(H,16,18)/t10-/m1/s1. The van der Waals surface area contributed by atoms with Gasteiger partial charge >= 0.3 is 6.18 Å². The van der Waals surface area contributed by atoms with Crippen molar-refractivity contribution in [3.63, 3.8) is 0 Å². The van der Waals surface area contributed by atoms with Gasteiger partial charge in [0.1, 0.15) is 0 Å². The maximum atomic E-state index is 12.3. The van der Waals surface area contributed by atoms with Crippen molar-refractivity contribution in [3.05, 3.63) is 35.4 Å². The van der Waals surface area contributed by atoms with Crippen LogP contribution in [0.3, 0.4) is 0 Å². The largest absolute Gasteiger partial charge is 0.416 e. The summed E-state index contributed by atoms with van der Waals surface area (Å²) in [6.45, 7) is 1.58. The summed E-state index contributed by atoms with van der Waals surface area (Å²) in [6, 6.07) is 3.55. The summed E-state index contributed by atoms with van der Waals surface area (Å²) in [5, 5.41) is 11.4. The summed E-state index contributed by atoms with van der Waals surface area (Å²) >= 11 is 0. The van der Waals surface area contributed by atoms with Crippen molar-refractivity contribution in [1.29, 1.82) is 0 Å². The number of hydrogen-bond acceptors (Lipinski definition) is 2. The number of hydrogen-bond donors (Lipinski definition) is 2. The van der Waals surface area contributed by atoms with Crippen LogP contribution in [0, 0.1) is 0 Å². The number of alkyl halides is 3. The first-order valence-electron chi connectivity index (χ1n) is 5.47. The number of carbonyl (C=O) groups is 1. The summed E-state index contributed by atoms with van der Waals surface area (Å²) in [5.41, 5.74) is -0.664. The Morgan fingerprint density at radius 2 is 1.89 bits per heavy atom. The molecule has 1 rings (SSSR count). The van der Waals surface area contributed by atoms with Gasteiger partial charge in [-0.1, -0.05) is 6.92 Å². The number of aliphatic hydroxyl groups excluding tert-OH is 1. The molecule has 0 bridgehead atoms. The van der Waals surface area contributed by atoms with Crippen molar-refractivity contribution < 1.29 is 23.1 Å². The highest BCUT2D eigenvalue weighted by atomic mass is 19.4. The zero-order chi connectivity index (χ0) is 13.8. The zero-order valence-corrected chi connectivity index (χ0v) is 9.79. The van der Waals surface area contributed by atoms with Gasteiger partial charge in [0, 0.05) is 5.56 Å². The summed E-state index contributed by atoms with van der Waals surface area (Å²) < 4.78 is 36.9. The molecule has 1 amide bonds. The molecule has 1 aromatic rings. The molecule has 0 aliphatic carbocycles. The molecule has 18 heavy (non-hydrogen) atoms. The molecule has 2 N–H and O–H groups in total. The number of benzene rings is 1. The van der Waals surface area contributed by atoms with Gasteiger partial charge in [-0.2, -0.15) is 13.2 Å². The van der Waals surface area contributed by atoms with Crippen LogP contribution in [0.2, 0.25) is 0 Å². The fourth-order valence-electron chi connectivity index (χ4n) is 1.36. The van der Waals surface area contributed by atoms with Crippen molar-refractivity contribution in [1.82, 2.24) is 5.32 Å². The first-order valence-corrected chi connectivity index (χ1v) is 5.47. The summed E-state index contributed by atoms with van der Waals surface area (Å²) in [4.78, 5) is 11.6. The van der Waals surface area contributed by atoms with E-state index in [-0.39, 0.29) is 18.2 Å². The Hall–Kier alpha value is -1.56. The van der Waals surface area contributed by atoms with Gasteiger partial charge in [0.2, 0.25) is 0 Å². The molecule has 0 heterocycles. The maximum Gasteiger partial charge on any atom is 0.416 e. The van der Waals surface area contributed by atoms with Gasteiger partial charge in [-0.3, -0.25) is 4.79 Å². The van der Waals surface area contributed by atoms with Gasteiger partial charge in [-0.15, -0.1) is 0 Å². The van der Waals surface area contributed by atoms with Gasteiger partial charge in [0.15, 0.2) is 0 Å². The molecule has 0 aliphatic rings. The Morgan fingerprint density at radius 1 is 1.33 bits per heavy atom. The third kappa shape index (κ3) is 3.73. The van der Waals surface area contributed by atoms with Gasteiger partial charge in [-0.05, 0) is 30.7 Å². The lowest BCUT2D eigenvalue weighted by Gasteiger charge is -2.14. The van der Waals surface area contributed by atoms with E-state index in [1.165, 1.54) is 0 Å². The molecule has 1 atom stereocenters. The van der Waals surface area contributed by atoms with Gasteiger partial charge in [0.25, 0.3) is 5.91 Å². The smallest absolute Gasteiger partial charge is 0.394 e. The number of carbonyl (C=O) groups excluding carboxylic acids is 1. The molecule has 100 valence electrons. The van der Waals surface area contributed by atoms with Crippen LogP contribution in [0.4, 0.5) is 13.2 Å².